The maximum atomic E-state index is 12.6. The number of halogens is 2. The molecule has 0 radical (unpaired) electrons. The molecule has 1 heterocycles. The van der Waals surface area contributed by atoms with E-state index in [2.05, 4.69) is 4.98 Å². The molecule has 2 aromatic carbocycles. The summed E-state index contributed by atoms with van der Waals surface area (Å²) in [6.45, 7) is 0.843. The first-order chi connectivity index (χ1) is 12.0. The topological polar surface area (TPSA) is 42.4 Å². The van der Waals surface area contributed by atoms with Crippen molar-refractivity contribution in [2.75, 3.05) is 20.2 Å². The minimum absolute atomic E-state index is 0.0773. The average molecular weight is 375 g/mol. The van der Waals surface area contributed by atoms with Gasteiger partial charge in [-0.3, -0.25) is 4.79 Å². The third-order valence-electron chi connectivity index (χ3n) is 3.74. The van der Waals surface area contributed by atoms with Crippen molar-refractivity contribution in [3.8, 4) is 5.75 Å². The number of hydrogen-bond donors (Lipinski definition) is 0. The number of carbonyl (C=O) groups is 1. The van der Waals surface area contributed by atoms with Crippen LogP contribution in [0.1, 0.15) is 10.4 Å². The Labute approximate surface area is 155 Å². The first-order valence-corrected chi connectivity index (χ1v) is 8.49. The normalized spacial score (nSPS) is 10.7. The lowest BCUT2D eigenvalue weighted by Crippen LogP contribution is -2.30. The van der Waals surface area contributed by atoms with Crippen LogP contribution in [0.2, 0.25) is 10.2 Å². The van der Waals surface area contributed by atoms with E-state index in [0.717, 1.165) is 10.9 Å². The highest BCUT2D eigenvalue weighted by molar-refractivity contribution is 6.30. The quantitative estimate of drug-likeness (QED) is 0.608. The van der Waals surface area contributed by atoms with Gasteiger partial charge in [0.2, 0.25) is 0 Å². The molecule has 25 heavy (non-hydrogen) atoms. The molecule has 0 aliphatic carbocycles. The maximum Gasteiger partial charge on any atom is 0.253 e. The van der Waals surface area contributed by atoms with Gasteiger partial charge in [0.1, 0.15) is 17.5 Å². The van der Waals surface area contributed by atoms with E-state index in [1.54, 1.807) is 42.3 Å². The molecule has 0 saturated carbocycles. The van der Waals surface area contributed by atoms with Gasteiger partial charge in [-0.15, -0.1) is 0 Å². The third-order valence-corrected chi connectivity index (χ3v) is 4.19. The highest BCUT2D eigenvalue weighted by Crippen LogP contribution is 2.19. The second kappa shape index (κ2) is 7.72. The van der Waals surface area contributed by atoms with Gasteiger partial charge in [-0.05, 0) is 48.5 Å². The molecule has 0 unspecified atom stereocenters. The Bertz CT molecular complexity index is 915. The summed E-state index contributed by atoms with van der Waals surface area (Å²) in [6.07, 6.45) is 0. The largest absolute Gasteiger partial charge is 0.492 e. The Kier molecular flexibility index (Phi) is 5.41. The van der Waals surface area contributed by atoms with Crippen LogP contribution in [-0.4, -0.2) is 36.0 Å². The van der Waals surface area contributed by atoms with Crippen LogP contribution in [0.15, 0.2) is 54.6 Å². The van der Waals surface area contributed by atoms with Crippen LogP contribution >= 0.6 is 23.2 Å². The molecule has 3 aromatic rings. The maximum absolute atomic E-state index is 12.6. The Morgan fingerprint density at radius 1 is 1.12 bits per heavy atom. The van der Waals surface area contributed by atoms with Crippen LogP contribution in [0, 0.1) is 0 Å². The van der Waals surface area contributed by atoms with Gasteiger partial charge in [0.15, 0.2) is 0 Å². The summed E-state index contributed by atoms with van der Waals surface area (Å²) in [5, 5.41) is 1.92. The summed E-state index contributed by atoms with van der Waals surface area (Å²) in [5.74, 6) is 0.605. The van der Waals surface area contributed by atoms with Crippen LogP contribution in [0.5, 0.6) is 5.75 Å². The van der Waals surface area contributed by atoms with Gasteiger partial charge in [0.25, 0.3) is 5.91 Å². The van der Waals surface area contributed by atoms with Crippen molar-refractivity contribution >= 4 is 40.0 Å². The number of nitrogens with zero attached hydrogens (tertiary/aromatic N) is 2. The van der Waals surface area contributed by atoms with Gasteiger partial charge in [-0.25, -0.2) is 4.98 Å². The lowest BCUT2D eigenvalue weighted by Gasteiger charge is -2.18. The molecule has 4 nitrogen and oxygen atoms in total. The van der Waals surface area contributed by atoms with E-state index in [1.807, 2.05) is 24.3 Å². The molecule has 0 spiro atoms. The molecule has 0 atom stereocenters. The predicted molar refractivity (Wildman–Crippen MR) is 101 cm³/mol. The van der Waals surface area contributed by atoms with Crippen LogP contribution < -0.4 is 4.74 Å². The molecule has 0 bridgehead atoms. The number of likely N-dealkylation sites (N-methyl/N-ethyl adjacent to an activating group) is 1. The van der Waals surface area contributed by atoms with Crippen molar-refractivity contribution < 1.29 is 9.53 Å². The van der Waals surface area contributed by atoms with Crippen molar-refractivity contribution in [1.82, 2.24) is 9.88 Å². The molecule has 0 fully saturated rings. The smallest absolute Gasteiger partial charge is 0.253 e. The van der Waals surface area contributed by atoms with Crippen LogP contribution in [0.4, 0.5) is 0 Å². The zero-order chi connectivity index (χ0) is 17.8. The molecule has 0 aliphatic rings. The van der Waals surface area contributed by atoms with E-state index in [1.165, 1.54) is 0 Å². The zero-order valence-electron chi connectivity index (χ0n) is 13.6. The van der Waals surface area contributed by atoms with E-state index in [4.69, 9.17) is 27.9 Å². The number of ether oxygens (including phenoxy) is 1. The van der Waals surface area contributed by atoms with E-state index in [9.17, 15) is 4.79 Å². The van der Waals surface area contributed by atoms with Crippen LogP contribution in [0.25, 0.3) is 10.9 Å². The van der Waals surface area contributed by atoms with Gasteiger partial charge in [0, 0.05) is 23.0 Å². The summed E-state index contributed by atoms with van der Waals surface area (Å²) in [4.78, 5) is 18.4. The fourth-order valence-electron chi connectivity index (χ4n) is 2.41. The first kappa shape index (κ1) is 17.5. The number of amides is 1. The van der Waals surface area contributed by atoms with Gasteiger partial charge < -0.3 is 9.64 Å². The first-order valence-electron chi connectivity index (χ1n) is 7.73. The summed E-state index contributed by atoms with van der Waals surface area (Å²) < 4.78 is 5.62. The highest BCUT2D eigenvalue weighted by Gasteiger charge is 2.12. The highest BCUT2D eigenvalue weighted by atomic mass is 35.5. The predicted octanol–water partition coefficient (Wildman–Crippen LogP) is 4.69. The molecule has 0 N–H and O–H groups in total. The SMILES string of the molecule is CN(CCOc1cccc(Cl)c1)C(=O)c1ccc2nc(Cl)ccc2c1. The Balaban J connectivity index is 1.63. The molecule has 0 saturated heterocycles. The lowest BCUT2D eigenvalue weighted by atomic mass is 10.1. The monoisotopic (exact) mass is 374 g/mol. The Hall–Kier alpha value is -2.30. The molecular formula is C19H16Cl2N2O2. The van der Waals surface area contributed by atoms with E-state index < -0.39 is 0 Å². The number of rotatable bonds is 5. The number of aromatic nitrogens is 1. The average Bonchev–Trinajstić information content (AvgIpc) is 2.60. The van der Waals surface area contributed by atoms with Crippen molar-refractivity contribution in [2.24, 2.45) is 0 Å². The minimum atomic E-state index is -0.0773. The Morgan fingerprint density at radius 3 is 2.76 bits per heavy atom. The third kappa shape index (κ3) is 4.41. The fraction of sp³-hybridized carbons (Fsp3) is 0.158. The second-order valence-corrected chi connectivity index (χ2v) is 6.40. The number of benzene rings is 2. The number of fused-ring (bicyclic) bond motifs is 1. The molecule has 128 valence electrons. The zero-order valence-corrected chi connectivity index (χ0v) is 15.1. The van der Waals surface area contributed by atoms with Gasteiger partial charge in [0.05, 0.1) is 12.1 Å². The Morgan fingerprint density at radius 2 is 1.96 bits per heavy atom. The van der Waals surface area contributed by atoms with Crippen molar-refractivity contribution in [3.63, 3.8) is 0 Å². The fourth-order valence-corrected chi connectivity index (χ4v) is 2.75. The van der Waals surface area contributed by atoms with E-state index in [-0.39, 0.29) is 5.91 Å². The van der Waals surface area contributed by atoms with E-state index in [0.29, 0.717) is 34.6 Å². The van der Waals surface area contributed by atoms with Crippen LogP contribution in [-0.2, 0) is 0 Å². The van der Waals surface area contributed by atoms with Gasteiger partial charge in [-0.2, -0.15) is 0 Å². The minimum Gasteiger partial charge on any atom is -0.492 e. The standard InChI is InChI=1S/C19H16Cl2N2O2/c1-23(9-10-25-16-4-2-3-15(20)12-16)19(24)14-5-7-17-13(11-14)6-8-18(21)22-17/h2-8,11-12H,9-10H2,1H3. The molecule has 1 amide bonds. The van der Waals surface area contributed by atoms with Crippen molar-refractivity contribution in [2.45, 2.75) is 0 Å². The summed E-state index contributed by atoms with van der Waals surface area (Å²) >= 11 is 11.8. The molecule has 6 heteroatoms. The van der Waals surface area contributed by atoms with Crippen LogP contribution in [0.3, 0.4) is 0 Å². The summed E-state index contributed by atoms with van der Waals surface area (Å²) in [5.41, 5.74) is 1.36. The second-order valence-electron chi connectivity index (χ2n) is 5.57. The van der Waals surface area contributed by atoms with Gasteiger partial charge in [-0.1, -0.05) is 29.3 Å². The van der Waals surface area contributed by atoms with E-state index >= 15 is 0 Å². The number of hydrogen-bond acceptors (Lipinski definition) is 3. The number of carbonyl (C=O) groups excluding carboxylic acids is 1. The summed E-state index contributed by atoms with van der Waals surface area (Å²) in [6, 6.07) is 16.1. The summed E-state index contributed by atoms with van der Waals surface area (Å²) in [7, 11) is 1.74. The van der Waals surface area contributed by atoms with Gasteiger partial charge >= 0.3 is 0 Å². The number of pyridine rings is 1. The molecule has 3 rings (SSSR count). The molecule has 0 aliphatic heterocycles. The molecular weight excluding hydrogens is 359 g/mol. The van der Waals surface area contributed by atoms with Crippen molar-refractivity contribution in [1.29, 1.82) is 0 Å². The molecule has 1 aromatic heterocycles. The van der Waals surface area contributed by atoms with Crippen molar-refractivity contribution in [3.05, 3.63) is 70.3 Å². The lowest BCUT2D eigenvalue weighted by molar-refractivity contribution is 0.0774.